The van der Waals surface area contributed by atoms with E-state index >= 15 is 0 Å². The molecule has 0 saturated carbocycles. The minimum atomic E-state index is 0.269. The van der Waals surface area contributed by atoms with Gasteiger partial charge >= 0.3 is 0 Å². The van der Waals surface area contributed by atoms with Crippen molar-refractivity contribution in [2.75, 3.05) is 18.0 Å². The highest BCUT2D eigenvalue weighted by Crippen LogP contribution is 2.27. The summed E-state index contributed by atoms with van der Waals surface area (Å²) in [5, 5.41) is 2.56. The molecular formula is C28H27NO. The molecule has 1 aliphatic heterocycles. The van der Waals surface area contributed by atoms with Gasteiger partial charge in [-0.05, 0) is 58.5 Å². The zero-order valence-electron chi connectivity index (χ0n) is 17.2. The number of anilines is 1. The molecule has 0 radical (unpaired) electrons. The second-order valence-electron chi connectivity index (χ2n) is 8.12. The molecule has 0 bridgehead atoms. The van der Waals surface area contributed by atoms with E-state index in [4.69, 9.17) is 4.74 Å². The van der Waals surface area contributed by atoms with Crippen molar-refractivity contribution in [2.24, 2.45) is 0 Å². The van der Waals surface area contributed by atoms with Crippen LogP contribution in [0.2, 0.25) is 0 Å². The molecule has 2 heteroatoms. The highest BCUT2D eigenvalue weighted by Gasteiger charge is 2.21. The Morgan fingerprint density at radius 1 is 0.733 bits per heavy atom. The molecule has 30 heavy (non-hydrogen) atoms. The highest BCUT2D eigenvalue weighted by atomic mass is 16.5. The third-order valence-electron chi connectivity index (χ3n) is 6.00. The number of rotatable bonds is 5. The zero-order valence-corrected chi connectivity index (χ0v) is 17.2. The van der Waals surface area contributed by atoms with Crippen molar-refractivity contribution in [3.8, 4) is 11.1 Å². The van der Waals surface area contributed by atoms with E-state index in [1.54, 1.807) is 0 Å². The van der Waals surface area contributed by atoms with Crippen LogP contribution in [0.1, 0.15) is 18.4 Å². The van der Waals surface area contributed by atoms with E-state index < -0.39 is 0 Å². The van der Waals surface area contributed by atoms with E-state index in [1.807, 2.05) is 0 Å². The van der Waals surface area contributed by atoms with E-state index in [2.05, 4.69) is 102 Å². The molecule has 4 aromatic rings. The van der Waals surface area contributed by atoms with Crippen LogP contribution in [-0.2, 0) is 11.3 Å². The molecule has 1 heterocycles. The molecule has 5 rings (SSSR count). The molecule has 150 valence electrons. The Morgan fingerprint density at radius 2 is 1.53 bits per heavy atom. The number of nitrogens with zero attached hydrogens (tertiary/aromatic N) is 1. The van der Waals surface area contributed by atoms with Crippen LogP contribution in [0.4, 0.5) is 5.69 Å². The van der Waals surface area contributed by atoms with Gasteiger partial charge in [0.05, 0.1) is 12.7 Å². The normalized spacial score (nSPS) is 16.7. The van der Waals surface area contributed by atoms with Gasteiger partial charge in [0.2, 0.25) is 0 Å². The summed E-state index contributed by atoms with van der Waals surface area (Å²) in [4.78, 5) is 2.47. The van der Waals surface area contributed by atoms with Crippen LogP contribution in [0.5, 0.6) is 0 Å². The summed E-state index contributed by atoms with van der Waals surface area (Å²) in [5.74, 6) is 0. The number of hydrogen-bond acceptors (Lipinski definition) is 2. The average molecular weight is 394 g/mol. The van der Waals surface area contributed by atoms with Crippen molar-refractivity contribution in [3.05, 3.63) is 103 Å². The zero-order chi connectivity index (χ0) is 20.2. The van der Waals surface area contributed by atoms with Gasteiger partial charge in [0.1, 0.15) is 0 Å². The van der Waals surface area contributed by atoms with Gasteiger partial charge in [0.25, 0.3) is 0 Å². The summed E-state index contributed by atoms with van der Waals surface area (Å²) in [6, 6.07) is 34.6. The fourth-order valence-electron chi connectivity index (χ4n) is 4.36. The average Bonchev–Trinajstić information content (AvgIpc) is 2.83. The van der Waals surface area contributed by atoms with Crippen molar-refractivity contribution in [3.63, 3.8) is 0 Å². The first-order chi connectivity index (χ1) is 14.8. The lowest BCUT2D eigenvalue weighted by molar-refractivity contribution is 0.0316. The Labute approximate surface area is 178 Å². The molecule has 1 aliphatic rings. The molecule has 1 saturated heterocycles. The van der Waals surface area contributed by atoms with Gasteiger partial charge in [-0.15, -0.1) is 0 Å². The van der Waals surface area contributed by atoms with Crippen LogP contribution >= 0.6 is 0 Å². The highest BCUT2D eigenvalue weighted by molar-refractivity contribution is 5.82. The standard InChI is InChI=1S/C28H27NO/c1-2-8-23(9-3-1)26-12-6-13-27(19-26)29-17-7-14-28(20-29)30-21-22-15-16-24-10-4-5-11-25(24)18-22/h1-6,8-13,15-16,18-19,28H,7,14,17,20-21H2/t28-/m1/s1. The quantitative estimate of drug-likeness (QED) is 0.374. The third kappa shape index (κ3) is 4.24. The summed E-state index contributed by atoms with van der Waals surface area (Å²) < 4.78 is 6.34. The molecule has 1 fully saturated rings. The molecule has 0 spiro atoms. The first-order valence-electron chi connectivity index (χ1n) is 10.8. The fourth-order valence-corrected chi connectivity index (χ4v) is 4.36. The molecule has 0 unspecified atom stereocenters. The van der Waals surface area contributed by atoms with Crippen molar-refractivity contribution in [1.29, 1.82) is 0 Å². The minimum absolute atomic E-state index is 0.269. The van der Waals surface area contributed by atoms with Gasteiger partial charge in [0, 0.05) is 18.8 Å². The first-order valence-corrected chi connectivity index (χ1v) is 10.8. The predicted octanol–water partition coefficient (Wildman–Crippen LogP) is 6.69. The minimum Gasteiger partial charge on any atom is -0.372 e. The number of fused-ring (bicyclic) bond motifs is 1. The lowest BCUT2D eigenvalue weighted by atomic mass is 10.0. The van der Waals surface area contributed by atoms with Crippen molar-refractivity contribution < 1.29 is 4.74 Å². The third-order valence-corrected chi connectivity index (χ3v) is 6.00. The maximum Gasteiger partial charge on any atom is 0.0755 e. The van der Waals surface area contributed by atoms with Gasteiger partial charge in [-0.2, -0.15) is 0 Å². The summed E-state index contributed by atoms with van der Waals surface area (Å²) in [7, 11) is 0. The number of piperidine rings is 1. The number of benzene rings is 4. The summed E-state index contributed by atoms with van der Waals surface area (Å²) >= 11 is 0. The Morgan fingerprint density at radius 3 is 2.43 bits per heavy atom. The second kappa shape index (κ2) is 8.73. The predicted molar refractivity (Wildman–Crippen MR) is 126 cm³/mol. The van der Waals surface area contributed by atoms with Gasteiger partial charge in [-0.1, -0.05) is 78.9 Å². The molecular weight excluding hydrogens is 366 g/mol. The van der Waals surface area contributed by atoms with Gasteiger partial charge in [-0.25, -0.2) is 0 Å². The Hall–Kier alpha value is -3.10. The molecule has 1 atom stereocenters. The molecule has 0 aromatic heterocycles. The largest absolute Gasteiger partial charge is 0.372 e. The van der Waals surface area contributed by atoms with E-state index in [1.165, 1.54) is 33.2 Å². The second-order valence-corrected chi connectivity index (χ2v) is 8.12. The number of ether oxygens (including phenoxy) is 1. The van der Waals surface area contributed by atoms with Gasteiger partial charge in [0.15, 0.2) is 0 Å². The molecule has 4 aromatic carbocycles. The Balaban J connectivity index is 1.25. The fraction of sp³-hybridized carbons (Fsp3) is 0.214. The Kier molecular flexibility index (Phi) is 5.50. The summed E-state index contributed by atoms with van der Waals surface area (Å²) in [5.41, 5.74) is 5.07. The van der Waals surface area contributed by atoms with E-state index in [9.17, 15) is 0 Å². The van der Waals surface area contributed by atoms with Crippen LogP contribution < -0.4 is 4.90 Å². The lowest BCUT2D eigenvalue weighted by Crippen LogP contribution is -2.39. The van der Waals surface area contributed by atoms with Gasteiger partial charge < -0.3 is 9.64 Å². The lowest BCUT2D eigenvalue weighted by Gasteiger charge is -2.34. The van der Waals surface area contributed by atoms with Gasteiger partial charge in [-0.3, -0.25) is 0 Å². The number of hydrogen-bond donors (Lipinski definition) is 0. The van der Waals surface area contributed by atoms with Crippen LogP contribution in [0.3, 0.4) is 0 Å². The maximum atomic E-state index is 6.34. The molecule has 0 N–H and O–H groups in total. The molecule has 0 amide bonds. The van der Waals surface area contributed by atoms with E-state index in [-0.39, 0.29) is 6.10 Å². The summed E-state index contributed by atoms with van der Waals surface area (Å²) in [6.45, 7) is 2.72. The SMILES string of the molecule is c1ccc(-c2cccc(N3CCC[C@@H](OCc4ccc5ccccc5c4)C3)c2)cc1. The van der Waals surface area contributed by atoms with Crippen LogP contribution in [0.25, 0.3) is 21.9 Å². The van der Waals surface area contributed by atoms with E-state index in [0.717, 1.165) is 25.9 Å². The van der Waals surface area contributed by atoms with Crippen molar-refractivity contribution >= 4 is 16.5 Å². The maximum absolute atomic E-state index is 6.34. The van der Waals surface area contributed by atoms with Crippen LogP contribution in [0.15, 0.2) is 97.1 Å². The Bertz CT molecular complexity index is 1120. The van der Waals surface area contributed by atoms with Crippen LogP contribution in [0, 0.1) is 0 Å². The first kappa shape index (κ1) is 18.9. The monoisotopic (exact) mass is 393 g/mol. The van der Waals surface area contributed by atoms with E-state index in [0.29, 0.717) is 6.61 Å². The summed E-state index contributed by atoms with van der Waals surface area (Å²) in [6.07, 6.45) is 2.56. The topological polar surface area (TPSA) is 12.5 Å². The van der Waals surface area contributed by atoms with Crippen molar-refractivity contribution in [1.82, 2.24) is 0 Å². The smallest absolute Gasteiger partial charge is 0.0755 e. The molecule has 0 aliphatic carbocycles. The molecule has 2 nitrogen and oxygen atoms in total. The van der Waals surface area contributed by atoms with Crippen LogP contribution in [-0.4, -0.2) is 19.2 Å². The van der Waals surface area contributed by atoms with Crippen molar-refractivity contribution in [2.45, 2.75) is 25.6 Å².